The number of aryl methyl sites for hydroxylation is 2. The van der Waals surface area contributed by atoms with Gasteiger partial charge in [0.15, 0.2) is 0 Å². The van der Waals surface area contributed by atoms with Gasteiger partial charge in [-0.05, 0) is 54.8 Å². The van der Waals surface area contributed by atoms with Gasteiger partial charge in [0.1, 0.15) is 12.1 Å². The van der Waals surface area contributed by atoms with Crippen LogP contribution in [-0.2, 0) is 6.42 Å². The summed E-state index contributed by atoms with van der Waals surface area (Å²) in [5.41, 5.74) is 6.58. The summed E-state index contributed by atoms with van der Waals surface area (Å²) in [7, 11) is 2.04. The SMILES string of the molecule is CCCc1ccc2c(N(C)c3cccc(-c4ccc(C)cn4)c3)nc3nncn3c2c1. The third kappa shape index (κ3) is 3.50. The van der Waals surface area contributed by atoms with Crippen LogP contribution in [0.4, 0.5) is 11.5 Å². The molecule has 0 unspecified atom stereocenters. The first-order valence-electron chi connectivity index (χ1n) is 10.5. The van der Waals surface area contributed by atoms with E-state index in [4.69, 9.17) is 4.98 Å². The van der Waals surface area contributed by atoms with E-state index in [1.54, 1.807) is 6.33 Å². The van der Waals surface area contributed by atoms with Gasteiger partial charge < -0.3 is 4.90 Å². The Balaban J connectivity index is 1.63. The summed E-state index contributed by atoms with van der Waals surface area (Å²) in [6, 6.07) is 19.1. The van der Waals surface area contributed by atoms with Crippen molar-refractivity contribution in [3.05, 3.63) is 78.2 Å². The van der Waals surface area contributed by atoms with Crippen molar-refractivity contribution in [3.8, 4) is 11.3 Å². The van der Waals surface area contributed by atoms with Crippen LogP contribution in [0.25, 0.3) is 27.9 Å². The average Bonchev–Trinajstić information content (AvgIpc) is 3.28. The quantitative estimate of drug-likeness (QED) is 0.391. The summed E-state index contributed by atoms with van der Waals surface area (Å²) in [4.78, 5) is 11.5. The Morgan fingerprint density at radius 3 is 2.74 bits per heavy atom. The van der Waals surface area contributed by atoms with Gasteiger partial charge in [-0.3, -0.25) is 9.38 Å². The molecule has 31 heavy (non-hydrogen) atoms. The van der Waals surface area contributed by atoms with Crippen molar-refractivity contribution in [1.29, 1.82) is 0 Å². The van der Waals surface area contributed by atoms with Crippen molar-refractivity contribution >= 4 is 28.2 Å². The van der Waals surface area contributed by atoms with Crippen LogP contribution in [0, 0.1) is 6.92 Å². The number of benzene rings is 2. The lowest BCUT2D eigenvalue weighted by molar-refractivity contribution is 0.922. The van der Waals surface area contributed by atoms with E-state index in [1.807, 2.05) is 24.6 Å². The molecule has 0 atom stereocenters. The van der Waals surface area contributed by atoms with Gasteiger partial charge in [-0.2, -0.15) is 4.98 Å². The van der Waals surface area contributed by atoms with Gasteiger partial charge in [0.25, 0.3) is 5.78 Å². The summed E-state index contributed by atoms with van der Waals surface area (Å²) in [6.45, 7) is 4.24. The standard InChI is InChI=1S/C25H24N6/c1-4-6-18-10-11-21-23(13-18)31-16-27-29-25(31)28-24(21)30(3)20-8-5-7-19(14-20)22-12-9-17(2)15-26-22/h5,7-16H,4,6H2,1-3H3. The summed E-state index contributed by atoms with van der Waals surface area (Å²) in [5, 5.41) is 9.37. The molecule has 0 spiro atoms. The van der Waals surface area contributed by atoms with E-state index in [0.717, 1.165) is 52.1 Å². The fourth-order valence-corrected chi connectivity index (χ4v) is 3.93. The molecular weight excluding hydrogens is 384 g/mol. The molecule has 154 valence electrons. The molecule has 6 heteroatoms. The average molecular weight is 409 g/mol. The summed E-state index contributed by atoms with van der Waals surface area (Å²) in [6.07, 6.45) is 5.77. The molecule has 0 saturated carbocycles. The third-order valence-electron chi connectivity index (χ3n) is 5.60. The molecule has 6 nitrogen and oxygen atoms in total. The Bertz CT molecular complexity index is 1370. The molecule has 5 rings (SSSR count). The molecule has 0 N–H and O–H groups in total. The Kier molecular flexibility index (Phi) is 4.82. The smallest absolute Gasteiger partial charge is 0.257 e. The number of aromatic nitrogens is 5. The van der Waals surface area contributed by atoms with Crippen LogP contribution in [0.5, 0.6) is 0 Å². The lowest BCUT2D eigenvalue weighted by atomic mass is 10.1. The van der Waals surface area contributed by atoms with Crippen molar-refractivity contribution < 1.29 is 0 Å². The van der Waals surface area contributed by atoms with Crippen LogP contribution < -0.4 is 4.90 Å². The van der Waals surface area contributed by atoms with Gasteiger partial charge in [0.05, 0.1) is 11.2 Å². The van der Waals surface area contributed by atoms with Gasteiger partial charge in [0, 0.05) is 29.9 Å². The van der Waals surface area contributed by atoms with E-state index < -0.39 is 0 Å². The minimum Gasteiger partial charge on any atom is -0.329 e. The van der Waals surface area contributed by atoms with Crippen LogP contribution in [0.15, 0.2) is 67.1 Å². The minimum atomic E-state index is 0.597. The number of hydrogen-bond acceptors (Lipinski definition) is 5. The van der Waals surface area contributed by atoms with Crippen LogP contribution in [0.2, 0.25) is 0 Å². The molecule has 2 aromatic carbocycles. The molecule has 0 aliphatic heterocycles. The number of anilines is 2. The van der Waals surface area contributed by atoms with E-state index in [1.165, 1.54) is 5.56 Å². The molecule has 0 radical (unpaired) electrons. The van der Waals surface area contributed by atoms with Crippen LogP contribution in [-0.4, -0.2) is 31.6 Å². The molecular formula is C25H24N6. The van der Waals surface area contributed by atoms with Gasteiger partial charge in [0.2, 0.25) is 0 Å². The maximum Gasteiger partial charge on any atom is 0.257 e. The predicted octanol–water partition coefficient (Wildman–Crippen LogP) is 5.37. The van der Waals surface area contributed by atoms with E-state index in [9.17, 15) is 0 Å². The maximum atomic E-state index is 4.83. The van der Waals surface area contributed by atoms with Crippen molar-refractivity contribution in [2.24, 2.45) is 0 Å². The fourth-order valence-electron chi connectivity index (χ4n) is 3.93. The van der Waals surface area contributed by atoms with Crippen LogP contribution in [0.1, 0.15) is 24.5 Å². The second-order valence-electron chi connectivity index (χ2n) is 7.87. The highest BCUT2D eigenvalue weighted by Gasteiger charge is 2.15. The molecule has 0 aliphatic carbocycles. The van der Waals surface area contributed by atoms with Crippen molar-refractivity contribution in [2.45, 2.75) is 26.7 Å². The fraction of sp³-hybridized carbons (Fsp3) is 0.200. The first kappa shape index (κ1) is 19.2. The van der Waals surface area contributed by atoms with Crippen LogP contribution >= 0.6 is 0 Å². The first-order chi connectivity index (χ1) is 15.1. The Labute approximate surface area is 181 Å². The molecule has 5 aromatic rings. The van der Waals surface area contributed by atoms with E-state index in [-0.39, 0.29) is 0 Å². The maximum absolute atomic E-state index is 4.83. The van der Waals surface area contributed by atoms with Gasteiger partial charge in [-0.25, -0.2) is 0 Å². The second kappa shape index (κ2) is 7.80. The third-order valence-corrected chi connectivity index (χ3v) is 5.60. The highest BCUT2D eigenvalue weighted by molar-refractivity contribution is 5.94. The Morgan fingerprint density at radius 1 is 1.03 bits per heavy atom. The van der Waals surface area contributed by atoms with E-state index in [0.29, 0.717) is 5.78 Å². The highest BCUT2D eigenvalue weighted by Crippen LogP contribution is 2.32. The summed E-state index contributed by atoms with van der Waals surface area (Å²) >= 11 is 0. The zero-order valence-electron chi connectivity index (χ0n) is 17.9. The molecule has 0 aliphatic rings. The highest BCUT2D eigenvalue weighted by atomic mass is 15.3. The molecule has 0 saturated heterocycles. The summed E-state index contributed by atoms with van der Waals surface area (Å²) in [5.74, 6) is 1.45. The molecule has 3 aromatic heterocycles. The monoisotopic (exact) mass is 408 g/mol. The number of rotatable bonds is 5. The molecule has 0 fully saturated rings. The van der Waals surface area contributed by atoms with E-state index in [2.05, 4.69) is 81.6 Å². The summed E-state index contributed by atoms with van der Waals surface area (Å²) < 4.78 is 1.96. The number of pyridine rings is 1. The van der Waals surface area contributed by atoms with Gasteiger partial charge in [-0.15, -0.1) is 10.2 Å². The minimum absolute atomic E-state index is 0.597. The lowest BCUT2D eigenvalue weighted by Gasteiger charge is -2.21. The zero-order chi connectivity index (χ0) is 21.4. The van der Waals surface area contributed by atoms with Crippen molar-refractivity contribution in [1.82, 2.24) is 24.6 Å². The molecule has 3 heterocycles. The van der Waals surface area contributed by atoms with E-state index >= 15 is 0 Å². The van der Waals surface area contributed by atoms with Gasteiger partial charge in [-0.1, -0.05) is 37.6 Å². The molecule has 0 amide bonds. The van der Waals surface area contributed by atoms with Crippen molar-refractivity contribution in [2.75, 3.05) is 11.9 Å². The van der Waals surface area contributed by atoms with Crippen LogP contribution in [0.3, 0.4) is 0 Å². The van der Waals surface area contributed by atoms with Gasteiger partial charge >= 0.3 is 0 Å². The Morgan fingerprint density at radius 2 is 1.94 bits per heavy atom. The number of fused-ring (bicyclic) bond motifs is 3. The number of nitrogens with zero attached hydrogens (tertiary/aromatic N) is 6. The predicted molar refractivity (Wildman–Crippen MR) is 125 cm³/mol. The topological polar surface area (TPSA) is 59.2 Å². The molecule has 0 bridgehead atoms. The largest absolute Gasteiger partial charge is 0.329 e. The Hall–Kier alpha value is -3.80. The lowest BCUT2D eigenvalue weighted by Crippen LogP contribution is -2.13. The first-order valence-corrected chi connectivity index (χ1v) is 10.5. The zero-order valence-corrected chi connectivity index (χ0v) is 17.9. The number of hydrogen-bond donors (Lipinski definition) is 0. The second-order valence-corrected chi connectivity index (χ2v) is 7.87. The normalized spacial score (nSPS) is 11.3. The van der Waals surface area contributed by atoms with Crippen molar-refractivity contribution in [3.63, 3.8) is 0 Å².